The number of nitro benzene ring substituents is 1. The van der Waals surface area contributed by atoms with Crippen molar-refractivity contribution in [1.82, 2.24) is 4.31 Å². The predicted octanol–water partition coefficient (Wildman–Crippen LogP) is 0.649. The van der Waals surface area contributed by atoms with Crippen molar-refractivity contribution in [2.75, 3.05) is 19.7 Å². The molecule has 0 bridgehead atoms. The molecule has 0 saturated carbocycles. The Morgan fingerprint density at radius 3 is 2.86 bits per heavy atom. The molecule has 1 aromatic rings. The van der Waals surface area contributed by atoms with Crippen LogP contribution in [0.1, 0.15) is 5.56 Å². The molecule has 1 fully saturated rings. The molecule has 1 unspecified atom stereocenters. The van der Waals surface area contributed by atoms with Crippen LogP contribution < -0.4 is 0 Å². The van der Waals surface area contributed by atoms with Crippen LogP contribution in [0.2, 0.25) is 0 Å². The summed E-state index contributed by atoms with van der Waals surface area (Å²) in [6.45, 7) is 0.217. The first-order chi connectivity index (χ1) is 9.94. The largest absolute Gasteiger partial charge is 0.361 e. The van der Waals surface area contributed by atoms with Gasteiger partial charge in [0.25, 0.3) is 5.69 Å². The molecule has 0 aliphatic carbocycles. The Labute approximate surface area is 121 Å². The van der Waals surface area contributed by atoms with E-state index in [1.165, 1.54) is 18.2 Å². The molecule has 0 radical (unpaired) electrons. The van der Waals surface area contributed by atoms with Gasteiger partial charge >= 0.3 is 0 Å². The Morgan fingerprint density at radius 1 is 1.48 bits per heavy atom. The first kappa shape index (κ1) is 15.4. The van der Waals surface area contributed by atoms with E-state index in [9.17, 15) is 18.5 Å². The molecule has 1 aliphatic heterocycles. The average Bonchev–Trinajstić information content (AvgIpc) is 2.47. The average molecular weight is 311 g/mol. The molecule has 1 atom stereocenters. The van der Waals surface area contributed by atoms with Gasteiger partial charge in [0, 0.05) is 18.2 Å². The first-order valence-corrected chi connectivity index (χ1v) is 7.76. The van der Waals surface area contributed by atoms with Crippen LogP contribution in [0.25, 0.3) is 0 Å². The third-order valence-corrected chi connectivity index (χ3v) is 4.89. The van der Waals surface area contributed by atoms with Gasteiger partial charge in [0.1, 0.15) is 0 Å². The lowest BCUT2D eigenvalue weighted by atomic mass is 10.2. The van der Waals surface area contributed by atoms with Crippen molar-refractivity contribution in [1.29, 1.82) is 5.26 Å². The van der Waals surface area contributed by atoms with Crippen molar-refractivity contribution < 1.29 is 18.1 Å². The van der Waals surface area contributed by atoms with Gasteiger partial charge in [-0.05, 0) is 0 Å². The highest BCUT2D eigenvalue weighted by molar-refractivity contribution is 7.88. The smallest absolute Gasteiger partial charge is 0.273 e. The van der Waals surface area contributed by atoms with E-state index in [1.807, 2.05) is 6.07 Å². The fourth-order valence-electron chi connectivity index (χ4n) is 2.06. The Morgan fingerprint density at radius 2 is 2.19 bits per heavy atom. The quantitative estimate of drug-likeness (QED) is 0.596. The summed E-state index contributed by atoms with van der Waals surface area (Å²) in [5, 5.41) is 19.7. The second-order valence-corrected chi connectivity index (χ2v) is 6.46. The first-order valence-electron chi connectivity index (χ1n) is 6.15. The van der Waals surface area contributed by atoms with E-state index in [1.54, 1.807) is 6.07 Å². The fourth-order valence-corrected chi connectivity index (χ4v) is 3.59. The Hall–Kier alpha value is -2.02. The summed E-state index contributed by atoms with van der Waals surface area (Å²) < 4.78 is 30.9. The zero-order valence-corrected chi connectivity index (χ0v) is 11.8. The van der Waals surface area contributed by atoms with E-state index >= 15 is 0 Å². The molecule has 0 N–H and O–H groups in total. The van der Waals surface area contributed by atoms with Crippen LogP contribution in [-0.4, -0.2) is 43.4 Å². The van der Waals surface area contributed by atoms with Gasteiger partial charge in [-0.25, -0.2) is 8.42 Å². The SMILES string of the molecule is N#CC1CN(S(=O)(=O)Cc2ccccc2[N+](=O)[O-])CCO1. The van der Waals surface area contributed by atoms with Gasteiger partial charge < -0.3 is 4.74 Å². The molecule has 1 heterocycles. The second kappa shape index (κ2) is 6.17. The maximum atomic E-state index is 12.3. The standard InChI is InChI=1S/C12H13N3O5S/c13-7-11-8-14(5-6-20-11)21(18,19)9-10-3-1-2-4-12(10)15(16)17/h1-4,11H,5-6,8-9H2. The highest BCUT2D eigenvalue weighted by Gasteiger charge is 2.31. The van der Waals surface area contributed by atoms with E-state index in [0.717, 1.165) is 4.31 Å². The highest BCUT2D eigenvalue weighted by atomic mass is 32.2. The molecule has 8 nitrogen and oxygen atoms in total. The number of sulfonamides is 1. The topological polar surface area (TPSA) is 114 Å². The lowest BCUT2D eigenvalue weighted by molar-refractivity contribution is -0.385. The van der Waals surface area contributed by atoms with Gasteiger partial charge in [0.05, 0.1) is 29.9 Å². The van der Waals surface area contributed by atoms with Crippen molar-refractivity contribution in [2.24, 2.45) is 0 Å². The summed E-state index contributed by atoms with van der Waals surface area (Å²) in [5.74, 6) is -0.470. The summed E-state index contributed by atoms with van der Waals surface area (Å²) in [5.41, 5.74) is -0.103. The Bertz CT molecular complexity index is 682. The van der Waals surface area contributed by atoms with Gasteiger partial charge in [-0.3, -0.25) is 10.1 Å². The number of nitrogens with zero attached hydrogens (tertiary/aromatic N) is 3. The minimum atomic E-state index is -3.74. The molecule has 1 aliphatic rings. The highest BCUT2D eigenvalue weighted by Crippen LogP contribution is 2.22. The van der Waals surface area contributed by atoms with E-state index in [0.29, 0.717) is 0 Å². The molecular weight excluding hydrogens is 298 g/mol. The van der Waals surface area contributed by atoms with Crippen LogP contribution in [0, 0.1) is 21.4 Å². The van der Waals surface area contributed by atoms with Crippen molar-refractivity contribution in [3.8, 4) is 6.07 Å². The number of rotatable bonds is 4. The minimum Gasteiger partial charge on any atom is -0.361 e. The van der Waals surface area contributed by atoms with Gasteiger partial charge in [0.2, 0.25) is 10.0 Å². The number of nitriles is 1. The van der Waals surface area contributed by atoms with Crippen molar-refractivity contribution in [3.63, 3.8) is 0 Å². The molecule has 0 aromatic heterocycles. The second-order valence-electron chi connectivity index (χ2n) is 4.49. The van der Waals surface area contributed by atoms with E-state index < -0.39 is 26.8 Å². The van der Waals surface area contributed by atoms with Crippen LogP contribution in [-0.2, 0) is 20.5 Å². The fraction of sp³-hybridized carbons (Fsp3) is 0.417. The maximum absolute atomic E-state index is 12.3. The lowest BCUT2D eigenvalue weighted by Gasteiger charge is -2.28. The molecule has 0 spiro atoms. The Kier molecular flexibility index (Phi) is 4.52. The summed E-state index contributed by atoms with van der Waals surface area (Å²) in [4.78, 5) is 10.3. The van der Waals surface area contributed by atoms with Crippen LogP contribution in [0.3, 0.4) is 0 Å². The summed E-state index contributed by atoms with van der Waals surface area (Å²) in [6, 6.07) is 7.58. The summed E-state index contributed by atoms with van der Waals surface area (Å²) in [7, 11) is -3.74. The van der Waals surface area contributed by atoms with Gasteiger partial charge in [0.15, 0.2) is 6.10 Å². The minimum absolute atomic E-state index is 0.0561. The third kappa shape index (κ3) is 3.55. The number of ether oxygens (including phenoxy) is 1. The van der Waals surface area contributed by atoms with Crippen molar-refractivity contribution in [3.05, 3.63) is 39.9 Å². The maximum Gasteiger partial charge on any atom is 0.273 e. The third-order valence-electron chi connectivity index (χ3n) is 3.09. The van der Waals surface area contributed by atoms with Gasteiger partial charge in [-0.1, -0.05) is 18.2 Å². The molecular formula is C12H13N3O5S. The lowest BCUT2D eigenvalue weighted by Crippen LogP contribution is -2.45. The molecule has 21 heavy (non-hydrogen) atoms. The van der Waals surface area contributed by atoms with Crippen LogP contribution >= 0.6 is 0 Å². The molecule has 0 amide bonds. The predicted molar refractivity (Wildman–Crippen MR) is 72.6 cm³/mol. The molecule has 112 valence electrons. The number of benzene rings is 1. The zero-order valence-electron chi connectivity index (χ0n) is 11.0. The number of hydrogen-bond acceptors (Lipinski definition) is 6. The van der Waals surface area contributed by atoms with Gasteiger partial charge in [-0.15, -0.1) is 0 Å². The Balaban J connectivity index is 2.22. The van der Waals surface area contributed by atoms with Crippen LogP contribution in [0.4, 0.5) is 5.69 Å². The summed E-state index contributed by atoms with van der Waals surface area (Å²) >= 11 is 0. The molecule has 1 aromatic carbocycles. The van der Waals surface area contributed by atoms with Crippen LogP contribution in [0.5, 0.6) is 0 Å². The number of para-hydroxylation sites is 1. The van der Waals surface area contributed by atoms with Crippen molar-refractivity contribution in [2.45, 2.75) is 11.9 Å². The zero-order chi connectivity index (χ0) is 15.5. The molecule has 1 saturated heterocycles. The molecule has 9 heteroatoms. The van der Waals surface area contributed by atoms with Crippen LogP contribution in [0.15, 0.2) is 24.3 Å². The van der Waals surface area contributed by atoms with E-state index in [2.05, 4.69) is 0 Å². The van der Waals surface area contributed by atoms with E-state index in [-0.39, 0.29) is 30.9 Å². The number of morpholine rings is 1. The number of hydrogen-bond donors (Lipinski definition) is 0. The van der Waals surface area contributed by atoms with Crippen molar-refractivity contribution >= 4 is 15.7 Å². The summed E-state index contributed by atoms with van der Waals surface area (Å²) in [6.07, 6.45) is -0.806. The monoisotopic (exact) mass is 311 g/mol. The number of nitro groups is 1. The normalized spacial score (nSPS) is 19.9. The molecule has 2 rings (SSSR count). The van der Waals surface area contributed by atoms with Gasteiger partial charge in [-0.2, -0.15) is 9.57 Å². The van der Waals surface area contributed by atoms with E-state index in [4.69, 9.17) is 10.00 Å².